The predicted octanol–water partition coefficient (Wildman–Crippen LogP) is 4.09. The van der Waals surface area contributed by atoms with Gasteiger partial charge in [0.1, 0.15) is 5.60 Å². The molecule has 8 heteroatoms. The highest BCUT2D eigenvalue weighted by Gasteiger charge is 2.20. The van der Waals surface area contributed by atoms with E-state index in [-0.39, 0.29) is 5.56 Å². The van der Waals surface area contributed by atoms with Gasteiger partial charge in [-0.1, -0.05) is 6.07 Å². The quantitative estimate of drug-likeness (QED) is 0.718. The Morgan fingerprint density at radius 1 is 1.00 bits per heavy atom. The van der Waals surface area contributed by atoms with E-state index >= 15 is 0 Å². The second-order valence-corrected chi connectivity index (χ2v) is 7.43. The molecule has 0 aromatic heterocycles. The molecule has 0 fully saturated rings. The zero-order valence-corrected chi connectivity index (χ0v) is 17.2. The Morgan fingerprint density at radius 3 is 2.27 bits per heavy atom. The lowest BCUT2D eigenvalue weighted by molar-refractivity contribution is -0.123. The van der Waals surface area contributed by atoms with Gasteiger partial charge in [0.25, 0.3) is 5.91 Å². The molecule has 2 aromatic rings. The van der Waals surface area contributed by atoms with E-state index in [9.17, 15) is 14.4 Å². The molecule has 0 aliphatic carbocycles. The second-order valence-electron chi connectivity index (χ2n) is 7.43. The van der Waals surface area contributed by atoms with Crippen molar-refractivity contribution in [2.24, 2.45) is 0 Å². The smallest absolute Gasteiger partial charge is 0.412 e. The molecule has 0 aliphatic heterocycles. The number of ether oxygens (including phenoxy) is 2. The van der Waals surface area contributed by atoms with Gasteiger partial charge in [0.15, 0.2) is 6.10 Å². The topological polar surface area (TPSA) is 118 Å². The van der Waals surface area contributed by atoms with Crippen molar-refractivity contribution in [3.05, 3.63) is 59.7 Å². The maximum absolute atomic E-state index is 12.4. The first-order chi connectivity index (χ1) is 14.1. The number of nitriles is 1. The van der Waals surface area contributed by atoms with Crippen molar-refractivity contribution in [1.82, 2.24) is 0 Å². The number of carbonyl (C=O) groups is 3. The molecule has 30 heavy (non-hydrogen) atoms. The van der Waals surface area contributed by atoms with Crippen molar-refractivity contribution >= 4 is 29.3 Å². The number of hydrogen-bond donors (Lipinski definition) is 2. The molecular formula is C22H23N3O5. The monoisotopic (exact) mass is 409 g/mol. The van der Waals surface area contributed by atoms with E-state index < -0.39 is 29.7 Å². The minimum atomic E-state index is -1.06. The van der Waals surface area contributed by atoms with E-state index in [1.165, 1.54) is 19.1 Å². The van der Waals surface area contributed by atoms with Crippen molar-refractivity contribution in [3.63, 3.8) is 0 Å². The predicted molar refractivity (Wildman–Crippen MR) is 111 cm³/mol. The molecule has 0 saturated heterocycles. The van der Waals surface area contributed by atoms with Crippen LogP contribution >= 0.6 is 0 Å². The van der Waals surface area contributed by atoms with Crippen LogP contribution in [0.5, 0.6) is 0 Å². The molecule has 0 unspecified atom stereocenters. The van der Waals surface area contributed by atoms with Gasteiger partial charge in [-0.05, 0) is 70.2 Å². The molecule has 0 heterocycles. The second kappa shape index (κ2) is 9.56. The number of hydrogen-bond acceptors (Lipinski definition) is 6. The highest BCUT2D eigenvalue weighted by Crippen LogP contribution is 2.16. The van der Waals surface area contributed by atoms with Crippen molar-refractivity contribution in [2.45, 2.75) is 39.4 Å². The Morgan fingerprint density at radius 2 is 1.67 bits per heavy atom. The molecule has 2 aromatic carbocycles. The van der Waals surface area contributed by atoms with Crippen LogP contribution in [0.3, 0.4) is 0 Å². The number of rotatable bonds is 5. The molecular weight excluding hydrogens is 386 g/mol. The van der Waals surface area contributed by atoms with Gasteiger partial charge in [-0.2, -0.15) is 5.26 Å². The van der Waals surface area contributed by atoms with Crippen LogP contribution in [0.2, 0.25) is 0 Å². The molecule has 1 atom stereocenters. The molecule has 2 rings (SSSR count). The van der Waals surface area contributed by atoms with Crippen LogP contribution in [-0.2, 0) is 14.3 Å². The molecule has 156 valence electrons. The summed E-state index contributed by atoms with van der Waals surface area (Å²) in [4.78, 5) is 36.5. The van der Waals surface area contributed by atoms with Gasteiger partial charge in [0.05, 0.1) is 17.2 Å². The minimum absolute atomic E-state index is 0.168. The number of carbonyl (C=O) groups excluding carboxylic acids is 3. The van der Waals surface area contributed by atoms with E-state index in [1.807, 2.05) is 6.07 Å². The van der Waals surface area contributed by atoms with Crippen LogP contribution in [0, 0.1) is 11.3 Å². The van der Waals surface area contributed by atoms with Gasteiger partial charge in [-0.15, -0.1) is 0 Å². The first-order valence-corrected chi connectivity index (χ1v) is 9.19. The molecule has 2 amide bonds. The molecule has 2 N–H and O–H groups in total. The molecule has 8 nitrogen and oxygen atoms in total. The van der Waals surface area contributed by atoms with Crippen LogP contribution in [0.1, 0.15) is 43.6 Å². The van der Waals surface area contributed by atoms with Crippen molar-refractivity contribution < 1.29 is 23.9 Å². The Hall–Kier alpha value is -3.86. The average molecular weight is 409 g/mol. The molecule has 0 saturated carbocycles. The lowest BCUT2D eigenvalue weighted by Crippen LogP contribution is -2.30. The maximum Gasteiger partial charge on any atom is 0.412 e. The van der Waals surface area contributed by atoms with Crippen LogP contribution in [0.15, 0.2) is 48.5 Å². The third-order valence-electron chi connectivity index (χ3n) is 3.68. The van der Waals surface area contributed by atoms with Crippen molar-refractivity contribution in [2.75, 3.05) is 10.6 Å². The number of esters is 1. The third kappa shape index (κ3) is 6.95. The van der Waals surface area contributed by atoms with Gasteiger partial charge < -0.3 is 14.8 Å². The Labute approximate surface area is 174 Å². The van der Waals surface area contributed by atoms with Gasteiger partial charge >= 0.3 is 12.1 Å². The summed E-state index contributed by atoms with van der Waals surface area (Å²) in [7, 11) is 0. The van der Waals surface area contributed by atoms with Crippen molar-refractivity contribution in [1.29, 1.82) is 5.26 Å². The van der Waals surface area contributed by atoms with E-state index in [0.29, 0.717) is 16.9 Å². The SMILES string of the molecule is C[C@H](OC(=O)c1cccc(NC(=O)OC(C)(C)C)c1)C(=O)Nc1ccc(C#N)cc1. The number of benzene rings is 2. The number of anilines is 2. The Bertz CT molecular complexity index is 972. The van der Waals surface area contributed by atoms with E-state index in [4.69, 9.17) is 14.7 Å². The van der Waals surface area contributed by atoms with Gasteiger partial charge in [-0.25, -0.2) is 9.59 Å². The molecule has 0 aliphatic rings. The first-order valence-electron chi connectivity index (χ1n) is 9.19. The maximum atomic E-state index is 12.4. The Balaban J connectivity index is 1.96. The summed E-state index contributed by atoms with van der Waals surface area (Å²) in [6, 6.07) is 14.4. The molecule has 0 bridgehead atoms. The van der Waals surface area contributed by atoms with Gasteiger partial charge in [0.2, 0.25) is 0 Å². The third-order valence-corrected chi connectivity index (χ3v) is 3.68. The van der Waals surface area contributed by atoms with Crippen LogP contribution < -0.4 is 10.6 Å². The van der Waals surface area contributed by atoms with E-state index in [1.54, 1.807) is 57.2 Å². The number of nitrogens with one attached hydrogen (secondary N) is 2. The zero-order chi connectivity index (χ0) is 22.3. The normalized spacial score (nSPS) is 11.6. The van der Waals surface area contributed by atoms with Crippen molar-refractivity contribution in [3.8, 4) is 6.07 Å². The lowest BCUT2D eigenvalue weighted by Gasteiger charge is -2.19. The average Bonchev–Trinajstić information content (AvgIpc) is 2.67. The van der Waals surface area contributed by atoms with Crippen LogP contribution in [-0.4, -0.2) is 29.7 Å². The summed E-state index contributed by atoms with van der Waals surface area (Å²) in [6.07, 6.45) is -1.71. The number of amides is 2. The first kappa shape index (κ1) is 22.4. The molecule has 0 radical (unpaired) electrons. The standard InChI is InChI=1S/C22H23N3O5/c1-14(19(26)24-17-10-8-15(13-23)9-11-17)29-20(27)16-6-5-7-18(12-16)25-21(28)30-22(2,3)4/h5-12,14H,1-4H3,(H,24,26)(H,25,28)/t14-/m0/s1. The summed E-state index contributed by atoms with van der Waals surface area (Å²) >= 11 is 0. The molecule has 0 spiro atoms. The van der Waals surface area contributed by atoms with Gasteiger partial charge in [-0.3, -0.25) is 10.1 Å². The summed E-state index contributed by atoms with van der Waals surface area (Å²) < 4.78 is 10.4. The van der Waals surface area contributed by atoms with E-state index in [0.717, 1.165) is 0 Å². The fraction of sp³-hybridized carbons (Fsp3) is 0.273. The number of nitrogens with zero attached hydrogens (tertiary/aromatic N) is 1. The highest BCUT2D eigenvalue weighted by molar-refractivity contribution is 5.98. The summed E-state index contributed by atoms with van der Waals surface area (Å²) in [5.41, 5.74) is 0.811. The van der Waals surface area contributed by atoms with E-state index in [2.05, 4.69) is 10.6 Å². The van der Waals surface area contributed by atoms with Crippen LogP contribution in [0.4, 0.5) is 16.2 Å². The summed E-state index contributed by atoms with van der Waals surface area (Å²) in [5, 5.41) is 13.9. The fourth-order valence-corrected chi connectivity index (χ4v) is 2.30. The zero-order valence-electron chi connectivity index (χ0n) is 17.2. The minimum Gasteiger partial charge on any atom is -0.449 e. The fourth-order valence-electron chi connectivity index (χ4n) is 2.30. The summed E-state index contributed by atoms with van der Waals surface area (Å²) in [6.45, 7) is 6.67. The Kier molecular flexibility index (Phi) is 7.15. The summed E-state index contributed by atoms with van der Waals surface area (Å²) in [5.74, 6) is -1.23. The van der Waals surface area contributed by atoms with Crippen LogP contribution in [0.25, 0.3) is 0 Å². The highest BCUT2D eigenvalue weighted by atomic mass is 16.6. The largest absolute Gasteiger partial charge is 0.449 e. The van der Waals surface area contributed by atoms with Gasteiger partial charge in [0, 0.05) is 11.4 Å². The lowest BCUT2D eigenvalue weighted by atomic mass is 10.2.